The fourth-order valence-electron chi connectivity index (χ4n) is 3.06. The number of methoxy groups -OCH3 is 1. The van der Waals surface area contributed by atoms with Gasteiger partial charge in [0, 0.05) is 12.0 Å². The van der Waals surface area contributed by atoms with E-state index in [4.69, 9.17) is 14.2 Å². The third kappa shape index (κ3) is 3.50. The van der Waals surface area contributed by atoms with Crippen molar-refractivity contribution in [3.05, 3.63) is 65.2 Å². The van der Waals surface area contributed by atoms with E-state index in [9.17, 15) is 9.59 Å². The fourth-order valence-corrected chi connectivity index (χ4v) is 3.06. The molecule has 2 unspecified atom stereocenters. The van der Waals surface area contributed by atoms with Gasteiger partial charge in [0.25, 0.3) is 0 Å². The minimum Gasteiger partial charge on any atom is -0.497 e. The normalized spacial score (nSPS) is 16.7. The smallest absolute Gasteiger partial charge is 0.339 e. The summed E-state index contributed by atoms with van der Waals surface area (Å²) in [6.45, 7) is 2.07. The molecule has 0 radical (unpaired) electrons. The molecule has 0 N–H and O–H groups in total. The molecule has 5 heteroatoms. The van der Waals surface area contributed by atoms with E-state index in [0.717, 1.165) is 11.1 Å². The second-order valence-electron chi connectivity index (χ2n) is 5.79. The predicted octanol–water partition coefficient (Wildman–Crippen LogP) is 3.64. The lowest BCUT2D eigenvalue weighted by atomic mass is 9.90. The molecule has 130 valence electrons. The van der Waals surface area contributed by atoms with Crippen molar-refractivity contribution in [3.63, 3.8) is 0 Å². The molecule has 2 atom stereocenters. The highest BCUT2D eigenvalue weighted by Crippen LogP contribution is 2.38. The Balaban J connectivity index is 1.88. The third-order valence-corrected chi connectivity index (χ3v) is 4.32. The van der Waals surface area contributed by atoms with Crippen LogP contribution >= 0.6 is 0 Å². The van der Waals surface area contributed by atoms with Crippen LogP contribution in [0.1, 0.15) is 46.9 Å². The molecule has 2 aromatic carbocycles. The van der Waals surface area contributed by atoms with E-state index >= 15 is 0 Å². The lowest BCUT2D eigenvalue weighted by Gasteiger charge is -2.20. The Morgan fingerprint density at radius 1 is 1.16 bits per heavy atom. The number of hydrogen-bond donors (Lipinski definition) is 0. The lowest BCUT2D eigenvalue weighted by molar-refractivity contribution is -0.145. The number of hydrogen-bond acceptors (Lipinski definition) is 5. The molecule has 2 aromatic rings. The van der Waals surface area contributed by atoms with E-state index in [0.29, 0.717) is 24.3 Å². The highest BCUT2D eigenvalue weighted by molar-refractivity contribution is 5.94. The first kappa shape index (κ1) is 17.0. The molecule has 1 aliphatic heterocycles. The van der Waals surface area contributed by atoms with Gasteiger partial charge in [0.05, 0.1) is 25.2 Å². The first-order chi connectivity index (χ1) is 12.1. The van der Waals surface area contributed by atoms with Crippen molar-refractivity contribution in [3.8, 4) is 5.75 Å². The molecule has 0 spiro atoms. The van der Waals surface area contributed by atoms with Gasteiger partial charge in [-0.3, -0.25) is 4.79 Å². The molecule has 0 fully saturated rings. The standard InChI is InChI=1S/C20H20O5/c1-3-24-19(21)17(13-8-10-14(23-2)11-9-13)12-18-15-6-4-5-7-16(15)20(22)25-18/h4-11,17-18H,3,12H2,1-2H3. The van der Waals surface area contributed by atoms with Crippen LogP contribution in [0.4, 0.5) is 0 Å². The summed E-state index contributed by atoms with van der Waals surface area (Å²) in [5.41, 5.74) is 2.18. The summed E-state index contributed by atoms with van der Waals surface area (Å²) in [6, 6.07) is 14.5. The first-order valence-electron chi connectivity index (χ1n) is 8.24. The van der Waals surface area contributed by atoms with Crippen LogP contribution in [-0.4, -0.2) is 25.7 Å². The van der Waals surface area contributed by atoms with Crippen LogP contribution in [0.15, 0.2) is 48.5 Å². The summed E-state index contributed by atoms with van der Waals surface area (Å²) in [5, 5.41) is 0. The average Bonchev–Trinajstić information content (AvgIpc) is 2.96. The summed E-state index contributed by atoms with van der Waals surface area (Å²) < 4.78 is 15.9. The number of ether oxygens (including phenoxy) is 3. The van der Waals surface area contributed by atoms with Gasteiger partial charge in [0.15, 0.2) is 0 Å². The maximum Gasteiger partial charge on any atom is 0.339 e. The van der Waals surface area contributed by atoms with Crippen molar-refractivity contribution in [1.29, 1.82) is 0 Å². The minimum absolute atomic E-state index is 0.298. The maximum atomic E-state index is 12.5. The molecule has 0 saturated carbocycles. The largest absolute Gasteiger partial charge is 0.497 e. The molecule has 0 aliphatic carbocycles. The predicted molar refractivity (Wildman–Crippen MR) is 91.6 cm³/mol. The van der Waals surface area contributed by atoms with Gasteiger partial charge in [0.1, 0.15) is 11.9 Å². The van der Waals surface area contributed by atoms with Crippen molar-refractivity contribution >= 4 is 11.9 Å². The number of cyclic esters (lactones) is 1. The zero-order valence-electron chi connectivity index (χ0n) is 14.2. The van der Waals surface area contributed by atoms with Gasteiger partial charge in [-0.15, -0.1) is 0 Å². The molecule has 1 aliphatic rings. The Labute approximate surface area is 146 Å². The number of fused-ring (bicyclic) bond motifs is 1. The summed E-state index contributed by atoms with van der Waals surface area (Å²) in [4.78, 5) is 24.5. The van der Waals surface area contributed by atoms with Crippen LogP contribution < -0.4 is 4.74 Å². The molecular formula is C20H20O5. The Kier molecular flexibility index (Phi) is 5.03. The summed E-state index contributed by atoms with van der Waals surface area (Å²) in [5.74, 6) is -0.482. The van der Waals surface area contributed by atoms with Gasteiger partial charge >= 0.3 is 11.9 Å². The molecular weight excluding hydrogens is 320 g/mol. The highest BCUT2D eigenvalue weighted by Gasteiger charge is 2.35. The lowest BCUT2D eigenvalue weighted by Crippen LogP contribution is -2.19. The Morgan fingerprint density at radius 3 is 2.56 bits per heavy atom. The third-order valence-electron chi connectivity index (χ3n) is 4.32. The van der Waals surface area contributed by atoms with Crippen LogP contribution in [0.5, 0.6) is 5.75 Å². The maximum absolute atomic E-state index is 12.5. The second-order valence-corrected chi connectivity index (χ2v) is 5.79. The zero-order valence-corrected chi connectivity index (χ0v) is 14.2. The van der Waals surface area contributed by atoms with Crippen LogP contribution in [-0.2, 0) is 14.3 Å². The Bertz CT molecular complexity index is 766. The van der Waals surface area contributed by atoms with Crippen molar-refractivity contribution < 1.29 is 23.8 Å². The number of carbonyl (C=O) groups excluding carboxylic acids is 2. The second kappa shape index (κ2) is 7.38. The monoisotopic (exact) mass is 340 g/mol. The first-order valence-corrected chi connectivity index (χ1v) is 8.24. The number of esters is 2. The van der Waals surface area contributed by atoms with Crippen molar-refractivity contribution in [2.75, 3.05) is 13.7 Å². The average molecular weight is 340 g/mol. The van der Waals surface area contributed by atoms with Crippen LogP contribution in [0.25, 0.3) is 0 Å². The SMILES string of the molecule is CCOC(=O)C(CC1OC(=O)c2ccccc21)c1ccc(OC)cc1. The molecule has 25 heavy (non-hydrogen) atoms. The number of benzene rings is 2. The van der Waals surface area contributed by atoms with Crippen LogP contribution in [0.3, 0.4) is 0 Å². The molecule has 0 saturated heterocycles. The van der Waals surface area contributed by atoms with Crippen molar-refractivity contribution in [2.45, 2.75) is 25.4 Å². The van der Waals surface area contributed by atoms with Gasteiger partial charge in [-0.05, 0) is 30.7 Å². The highest BCUT2D eigenvalue weighted by atomic mass is 16.6. The summed E-state index contributed by atoms with van der Waals surface area (Å²) >= 11 is 0. The topological polar surface area (TPSA) is 61.8 Å². The quantitative estimate of drug-likeness (QED) is 0.751. The zero-order chi connectivity index (χ0) is 17.8. The van der Waals surface area contributed by atoms with E-state index in [2.05, 4.69) is 0 Å². The van der Waals surface area contributed by atoms with Gasteiger partial charge in [-0.1, -0.05) is 30.3 Å². The number of carbonyl (C=O) groups is 2. The van der Waals surface area contributed by atoms with Gasteiger partial charge in [-0.2, -0.15) is 0 Å². The van der Waals surface area contributed by atoms with E-state index in [1.165, 1.54) is 0 Å². The van der Waals surface area contributed by atoms with Crippen LogP contribution in [0, 0.1) is 0 Å². The summed E-state index contributed by atoms with van der Waals surface area (Å²) in [6.07, 6.45) is -0.117. The van der Waals surface area contributed by atoms with Crippen molar-refractivity contribution in [1.82, 2.24) is 0 Å². The fraction of sp³-hybridized carbons (Fsp3) is 0.300. The van der Waals surface area contributed by atoms with Gasteiger partial charge < -0.3 is 14.2 Å². The van der Waals surface area contributed by atoms with Gasteiger partial charge in [0.2, 0.25) is 0 Å². The molecule has 0 aromatic heterocycles. The van der Waals surface area contributed by atoms with Gasteiger partial charge in [-0.25, -0.2) is 4.79 Å². The minimum atomic E-state index is -0.519. The molecule has 0 amide bonds. The molecule has 3 rings (SSSR count). The summed E-state index contributed by atoms with van der Waals surface area (Å²) in [7, 11) is 1.59. The van der Waals surface area contributed by atoms with E-state index in [1.807, 2.05) is 24.3 Å². The number of rotatable bonds is 6. The molecule has 0 bridgehead atoms. The van der Waals surface area contributed by atoms with Crippen LogP contribution in [0.2, 0.25) is 0 Å². The van der Waals surface area contributed by atoms with E-state index < -0.39 is 12.0 Å². The van der Waals surface area contributed by atoms with E-state index in [1.54, 1.807) is 38.3 Å². The molecule has 1 heterocycles. The molecule has 5 nitrogen and oxygen atoms in total. The Morgan fingerprint density at radius 2 is 1.88 bits per heavy atom. The Hall–Kier alpha value is -2.82. The van der Waals surface area contributed by atoms with E-state index in [-0.39, 0.29) is 11.9 Å². The van der Waals surface area contributed by atoms with Crippen molar-refractivity contribution in [2.24, 2.45) is 0 Å².